The average molecular weight is 506 g/mol. The molecule has 3 fully saturated rings. The lowest BCUT2D eigenvalue weighted by molar-refractivity contribution is -0.153. The lowest BCUT2D eigenvalue weighted by Gasteiger charge is -2.40. The summed E-state index contributed by atoms with van der Waals surface area (Å²) in [5.74, 6) is -0.950. The maximum Gasteiger partial charge on any atom is 0.315 e. The normalized spacial score (nSPS) is 27.3. The number of carbonyl (C=O) groups excluding carboxylic acids is 5. The standard InChI is InChI=1S/C26H43N5O5/c1-24(2,3)16(13-30-17(32)10-26(7,8)11-18(30)33)28-23(36)29-20(25(4,5)6)22(35)31-12-14-9-15(14)19(31)21(27)34/h14-16,19-20H,9-13H2,1-8H3,(H2,27,34)(H2,28,29,36)/t14-,15-,16+,19-,20+/m0/s1. The fraction of sp³-hybridized carbons (Fsp3) is 0.808. The number of hydrogen-bond acceptors (Lipinski definition) is 5. The highest BCUT2D eigenvalue weighted by Gasteiger charge is 2.57. The summed E-state index contributed by atoms with van der Waals surface area (Å²) in [7, 11) is 0. The first-order chi connectivity index (χ1) is 16.3. The molecule has 0 unspecified atom stereocenters. The predicted molar refractivity (Wildman–Crippen MR) is 134 cm³/mol. The van der Waals surface area contributed by atoms with E-state index in [-0.39, 0.29) is 54.4 Å². The molecule has 4 N–H and O–H groups in total. The van der Waals surface area contributed by atoms with Crippen LogP contribution in [0.5, 0.6) is 0 Å². The topological polar surface area (TPSA) is 142 Å². The molecule has 0 radical (unpaired) electrons. The first-order valence-electron chi connectivity index (χ1n) is 12.8. The maximum atomic E-state index is 13.5. The van der Waals surface area contributed by atoms with Crippen molar-refractivity contribution >= 4 is 29.7 Å². The molecule has 10 heteroatoms. The van der Waals surface area contributed by atoms with Crippen molar-refractivity contribution in [2.45, 2.75) is 92.8 Å². The predicted octanol–water partition coefficient (Wildman–Crippen LogP) is 1.62. The number of fused-ring (bicyclic) bond motifs is 1. The fourth-order valence-corrected chi connectivity index (χ4v) is 5.34. The van der Waals surface area contributed by atoms with Crippen LogP contribution in [0.25, 0.3) is 0 Å². The molecule has 3 aliphatic rings. The van der Waals surface area contributed by atoms with Crippen molar-refractivity contribution in [3.63, 3.8) is 0 Å². The van der Waals surface area contributed by atoms with E-state index in [9.17, 15) is 24.0 Å². The Kier molecular flexibility index (Phi) is 7.24. The zero-order valence-corrected chi connectivity index (χ0v) is 22.9. The summed E-state index contributed by atoms with van der Waals surface area (Å²) >= 11 is 0. The number of urea groups is 1. The maximum absolute atomic E-state index is 13.5. The SMILES string of the molecule is CC1(C)CC(=O)N(C[C@@H](NC(=O)N[C@H](C(=O)N2C[C@@H]3C[C@@H]3[C@H]2C(N)=O)C(C)(C)C)C(C)(C)C)C(=O)C1. The van der Waals surface area contributed by atoms with Gasteiger partial charge in [-0.25, -0.2) is 4.79 Å². The van der Waals surface area contributed by atoms with Crippen LogP contribution < -0.4 is 16.4 Å². The van der Waals surface area contributed by atoms with Gasteiger partial charge in [0, 0.05) is 25.9 Å². The van der Waals surface area contributed by atoms with Gasteiger partial charge < -0.3 is 21.3 Å². The Labute approximate surface area is 214 Å². The number of nitrogens with one attached hydrogen (secondary N) is 2. The zero-order valence-electron chi connectivity index (χ0n) is 22.9. The first-order valence-corrected chi connectivity index (χ1v) is 12.8. The van der Waals surface area contributed by atoms with Crippen molar-refractivity contribution in [3.8, 4) is 0 Å². The minimum absolute atomic E-state index is 0.0536. The highest BCUT2D eigenvalue weighted by Crippen LogP contribution is 2.49. The Morgan fingerprint density at radius 2 is 1.56 bits per heavy atom. The number of nitrogens with two attached hydrogens (primary N) is 1. The smallest absolute Gasteiger partial charge is 0.315 e. The number of carbonyl (C=O) groups is 5. The molecule has 2 aliphatic heterocycles. The van der Waals surface area contributed by atoms with Crippen LogP contribution in [0.2, 0.25) is 0 Å². The van der Waals surface area contributed by atoms with Crippen LogP contribution in [-0.4, -0.2) is 70.7 Å². The Morgan fingerprint density at radius 1 is 1.00 bits per heavy atom. The van der Waals surface area contributed by atoms with Gasteiger partial charge in [0.05, 0.1) is 6.04 Å². The van der Waals surface area contributed by atoms with E-state index in [1.165, 1.54) is 9.80 Å². The van der Waals surface area contributed by atoms with E-state index >= 15 is 0 Å². The Balaban J connectivity index is 1.73. The molecule has 1 saturated carbocycles. The highest BCUT2D eigenvalue weighted by molar-refractivity contribution is 5.98. The average Bonchev–Trinajstić information content (AvgIpc) is 3.33. The molecule has 0 aromatic carbocycles. The highest BCUT2D eigenvalue weighted by atomic mass is 16.2. The monoisotopic (exact) mass is 505 g/mol. The van der Waals surface area contributed by atoms with Gasteiger partial charge in [0.1, 0.15) is 12.1 Å². The summed E-state index contributed by atoms with van der Waals surface area (Å²) in [6, 6.07) is -2.64. The van der Waals surface area contributed by atoms with Gasteiger partial charge in [0.2, 0.25) is 23.6 Å². The summed E-state index contributed by atoms with van der Waals surface area (Å²) in [5, 5.41) is 5.72. The lowest BCUT2D eigenvalue weighted by Crippen LogP contribution is -2.62. The molecule has 0 bridgehead atoms. The number of likely N-dealkylation sites (tertiary alicyclic amines) is 2. The van der Waals surface area contributed by atoms with E-state index < -0.39 is 40.9 Å². The molecule has 202 valence electrons. The number of primary amides is 1. The number of imide groups is 1. The van der Waals surface area contributed by atoms with Crippen molar-refractivity contribution in [1.82, 2.24) is 20.4 Å². The van der Waals surface area contributed by atoms with Gasteiger partial charge in [0.25, 0.3) is 0 Å². The van der Waals surface area contributed by atoms with Crippen LogP contribution >= 0.6 is 0 Å². The van der Waals surface area contributed by atoms with Crippen LogP contribution in [0, 0.1) is 28.1 Å². The Morgan fingerprint density at radius 3 is 2.03 bits per heavy atom. The van der Waals surface area contributed by atoms with Crippen molar-refractivity contribution in [1.29, 1.82) is 0 Å². The van der Waals surface area contributed by atoms with Crippen molar-refractivity contribution < 1.29 is 24.0 Å². The molecule has 10 nitrogen and oxygen atoms in total. The van der Waals surface area contributed by atoms with Crippen LogP contribution in [0.1, 0.15) is 74.7 Å². The van der Waals surface area contributed by atoms with Crippen LogP contribution in [0.3, 0.4) is 0 Å². The minimum atomic E-state index is -0.892. The van der Waals surface area contributed by atoms with E-state index in [1.54, 1.807) is 0 Å². The molecule has 3 rings (SSSR count). The Bertz CT molecular complexity index is 927. The van der Waals surface area contributed by atoms with E-state index in [1.807, 2.05) is 55.4 Å². The summed E-state index contributed by atoms with van der Waals surface area (Å²) in [4.78, 5) is 67.0. The summed E-state index contributed by atoms with van der Waals surface area (Å²) < 4.78 is 0. The van der Waals surface area contributed by atoms with Crippen LogP contribution in [-0.2, 0) is 19.2 Å². The van der Waals surface area contributed by atoms with Crippen molar-refractivity contribution in [3.05, 3.63) is 0 Å². The van der Waals surface area contributed by atoms with Crippen LogP contribution in [0.4, 0.5) is 4.79 Å². The number of nitrogens with zero attached hydrogens (tertiary/aromatic N) is 2. The number of hydrogen-bond donors (Lipinski definition) is 3. The molecular weight excluding hydrogens is 462 g/mol. The van der Waals surface area contributed by atoms with Crippen molar-refractivity contribution in [2.75, 3.05) is 13.1 Å². The van der Waals surface area contributed by atoms with E-state index in [0.717, 1.165) is 6.42 Å². The fourth-order valence-electron chi connectivity index (χ4n) is 5.34. The van der Waals surface area contributed by atoms with Gasteiger partial charge in [-0.3, -0.25) is 24.1 Å². The minimum Gasteiger partial charge on any atom is -0.368 e. The van der Waals surface area contributed by atoms with Gasteiger partial charge in [-0.15, -0.1) is 0 Å². The Hall–Kier alpha value is -2.65. The van der Waals surface area contributed by atoms with Gasteiger partial charge in [-0.05, 0) is 34.5 Å². The molecule has 1 aliphatic carbocycles. The number of amides is 6. The molecule has 0 aromatic heterocycles. The second-order valence-corrected chi connectivity index (χ2v) is 13.7. The first kappa shape index (κ1) is 27.9. The molecule has 5 atom stereocenters. The molecule has 0 spiro atoms. The van der Waals surface area contributed by atoms with Crippen molar-refractivity contribution in [2.24, 2.45) is 33.8 Å². The third-order valence-corrected chi connectivity index (χ3v) is 7.69. The molecule has 36 heavy (non-hydrogen) atoms. The third-order valence-electron chi connectivity index (χ3n) is 7.69. The molecule has 6 amide bonds. The third kappa shape index (κ3) is 6.00. The summed E-state index contributed by atoms with van der Waals surface area (Å²) in [6.45, 7) is 15.6. The largest absolute Gasteiger partial charge is 0.368 e. The molecule has 0 aromatic rings. The molecular formula is C26H43N5O5. The molecule has 2 heterocycles. The molecule has 2 saturated heterocycles. The quantitative estimate of drug-likeness (QED) is 0.470. The number of piperidine rings is 2. The van der Waals surface area contributed by atoms with Gasteiger partial charge in [-0.2, -0.15) is 0 Å². The lowest BCUT2D eigenvalue weighted by atomic mass is 9.80. The van der Waals surface area contributed by atoms with Crippen LogP contribution in [0.15, 0.2) is 0 Å². The van der Waals surface area contributed by atoms with E-state index in [4.69, 9.17) is 5.73 Å². The van der Waals surface area contributed by atoms with Gasteiger partial charge >= 0.3 is 6.03 Å². The second-order valence-electron chi connectivity index (χ2n) is 13.7. The number of rotatable bonds is 6. The van der Waals surface area contributed by atoms with E-state index in [2.05, 4.69) is 10.6 Å². The zero-order chi connectivity index (χ0) is 27.4. The van der Waals surface area contributed by atoms with Gasteiger partial charge in [-0.1, -0.05) is 55.4 Å². The van der Waals surface area contributed by atoms with Gasteiger partial charge in [0.15, 0.2) is 0 Å². The second kappa shape index (κ2) is 9.34. The summed E-state index contributed by atoms with van der Waals surface area (Å²) in [6.07, 6.45) is 1.42. The van der Waals surface area contributed by atoms with E-state index in [0.29, 0.717) is 6.54 Å². The summed E-state index contributed by atoms with van der Waals surface area (Å²) in [5.41, 5.74) is 4.11.